The molecule has 3 heterocycles. The maximum Gasteiger partial charge on any atom is 0.416 e. The van der Waals surface area contributed by atoms with Crippen LogP contribution < -0.4 is 16.4 Å². The molecule has 2 aromatic heterocycles. The topological polar surface area (TPSA) is 115 Å². The third-order valence-corrected chi connectivity index (χ3v) is 7.35. The van der Waals surface area contributed by atoms with Gasteiger partial charge >= 0.3 is 12.2 Å². The van der Waals surface area contributed by atoms with E-state index in [1.807, 2.05) is 25.2 Å². The van der Waals surface area contributed by atoms with Crippen LogP contribution in [0.5, 0.6) is 0 Å². The molecule has 0 bridgehead atoms. The first-order valence-electron chi connectivity index (χ1n) is 13.7. The van der Waals surface area contributed by atoms with Gasteiger partial charge in [-0.15, -0.1) is 0 Å². The lowest BCUT2D eigenvalue weighted by molar-refractivity contribution is -0.137. The van der Waals surface area contributed by atoms with Crippen LogP contribution in [-0.4, -0.2) is 64.2 Å². The number of alkyl halides is 3. The molecule has 4 aromatic rings. The number of aromatic nitrogens is 3. The molecule has 222 valence electrons. The molecule has 2 amide bonds. The fourth-order valence-corrected chi connectivity index (χ4v) is 4.97. The molecule has 0 radical (unpaired) electrons. The predicted molar refractivity (Wildman–Crippen MR) is 159 cm³/mol. The molecule has 9 nitrogen and oxygen atoms in total. The van der Waals surface area contributed by atoms with Crippen molar-refractivity contribution in [3.63, 3.8) is 0 Å². The number of aromatic amines is 1. The van der Waals surface area contributed by atoms with Crippen LogP contribution >= 0.6 is 0 Å². The molecule has 0 saturated carbocycles. The number of nitrogens with zero attached hydrogens (tertiary/aromatic N) is 4. The van der Waals surface area contributed by atoms with Gasteiger partial charge in [0.1, 0.15) is 5.82 Å². The van der Waals surface area contributed by atoms with Crippen LogP contribution in [0.15, 0.2) is 48.5 Å². The largest absolute Gasteiger partial charge is 0.416 e. The number of pyridine rings is 1. The molecule has 2 aromatic carbocycles. The lowest BCUT2D eigenvalue weighted by atomic mass is 9.89. The molecule has 42 heavy (non-hydrogen) atoms. The van der Waals surface area contributed by atoms with E-state index in [9.17, 15) is 18.0 Å². The second-order valence-electron chi connectivity index (χ2n) is 11.8. The minimum atomic E-state index is -4.54. The van der Waals surface area contributed by atoms with Crippen molar-refractivity contribution < 1.29 is 18.0 Å². The molecule has 12 heteroatoms. The molecule has 5 rings (SSSR count). The zero-order chi connectivity index (χ0) is 30.2. The second-order valence-corrected chi connectivity index (χ2v) is 11.8. The molecule has 1 aliphatic heterocycles. The average molecular weight is 581 g/mol. The van der Waals surface area contributed by atoms with Crippen molar-refractivity contribution in [2.75, 3.05) is 49.6 Å². The summed E-state index contributed by atoms with van der Waals surface area (Å²) < 4.78 is 41.0. The van der Waals surface area contributed by atoms with Crippen LogP contribution in [0.1, 0.15) is 37.6 Å². The molecule has 1 saturated heterocycles. The highest BCUT2D eigenvalue weighted by atomic mass is 19.4. The number of carbonyl (C=O) groups excluding carboxylic acids is 1. The number of likely N-dealkylation sites (N-methyl/N-ethyl adjacent to an activating group) is 1. The summed E-state index contributed by atoms with van der Waals surface area (Å²) in [5.74, 6) is 0.405. The Morgan fingerprint density at radius 2 is 1.64 bits per heavy atom. The zero-order valence-corrected chi connectivity index (χ0v) is 24.1. The first-order valence-corrected chi connectivity index (χ1v) is 13.7. The Morgan fingerprint density at radius 1 is 0.976 bits per heavy atom. The van der Waals surface area contributed by atoms with Crippen molar-refractivity contribution in [1.82, 2.24) is 25.0 Å². The van der Waals surface area contributed by atoms with Gasteiger partial charge in [-0.25, -0.2) is 9.78 Å². The number of H-pyrrole nitrogens is 1. The number of anilines is 3. The highest BCUT2D eigenvalue weighted by molar-refractivity contribution is 6.02. The quantitative estimate of drug-likeness (QED) is 0.233. The number of halogens is 3. The number of nitrogen functional groups attached to an aromatic ring is 1. The summed E-state index contributed by atoms with van der Waals surface area (Å²) in [6.45, 7) is 9.79. The number of fused-ring (bicyclic) bond motifs is 1. The first-order chi connectivity index (χ1) is 19.8. The number of benzene rings is 2. The van der Waals surface area contributed by atoms with Gasteiger partial charge in [0.25, 0.3) is 0 Å². The van der Waals surface area contributed by atoms with Gasteiger partial charge in [0.15, 0.2) is 5.65 Å². The van der Waals surface area contributed by atoms with Crippen LogP contribution in [0, 0.1) is 0 Å². The van der Waals surface area contributed by atoms with E-state index < -0.39 is 17.8 Å². The zero-order valence-electron chi connectivity index (χ0n) is 24.1. The number of piperazine rings is 1. The summed E-state index contributed by atoms with van der Waals surface area (Å²) in [6.07, 6.45) is -4.54. The van der Waals surface area contributed by atoms with Crippen LogP contribution in [-0.2, 0) is 18.1 Å². The van der Waals surface area contributed by atoms with Gasteiger partial charge in [-0.05, 0) is 60.1 Å². The van der Waals surface area contributed by atoms with E-state index >= 15 is 0 Å². The molecule has 0 aliphatic carbocycles. The monoisotopic (exact) mass is 580 g/mol. The van der Waals surface area contributed by atoms with E-state index in [0.29, 0.717) is 34.6 Å². The van der Waals surface area contributed by atoms with E-state index in [2.05, 4.69) is 56.4 Å². The highest BCUT2D eigenvalue weighted by Gasteiger charge is 2.31. The van der Waals surface area contributed by atoms with Crippen LogP contribution in [0.3, 0.4) is 0 Å². The van der Waals surface area contributed by atoms with Crippen molar-refractivity contribution in [3.8, 4) is 11.1 Å². The molecule has 0 atom stereocenters. The van der Waals surface area contributed by atoms with Gasteiger partial charge < -0.3 is 21.3 Å². The molecule has 0 spiro atoms. The van der Waals surface area contributed by atoms with Gasteiger partial charge in [-0.2, -0.15) is 18.3 Å². The standard InChI is InChI=1S/C30H35F3N8O/c1-29(2,3)24-16-23(25-26(34)38-39-27(25)37-24)19-5-7-21(8-6-19)35-28(42)36-22-14-18(13-20(15-22)30(31,32)33)17-41-11-9-40(4)10-12-41/h5-8,13-16H,9-12,17H2,1-4H3,(H2,35,36,42)(H3,34,37,38,39). The third-order valence-electron chi connectivity index (χ3n) is 7.35. The van der Waals surface area contributed by atoms with Gasteiger partial charge in [0.2, 0.25) is 0 Å². The Kier molecular flexibility index (Phi) is 7.86. The van der Waals surface area contributed by atoms with E-state index in [-0.39, 0.29) is 11.1 Å². The van der Waals surface area contributed by atoms with Gasteiger partial charge in [0.05, 0.1) is 10.9 Å². The normalized spacial score (nSPS) is 15.2. The minimum Gasteiger partial charge on any atom is -0.383 e. The van der Waals surface area contributed by atoms with Gasteiger partial charge in [0, 0.05) is 55.2 Å². The summed E-state index contributed by atoms with van der Waals surface area (Å²) >= 11 is 0. The lowest BCUT2D eigenvalue weighted by Gasteiger charge is -2.32. The molecule has 1 aliphatic rings. The molecular formula is C30H35F3N8O. The SMILES string of the molecule is CN1CCN(Cc2cc(NC(=O)Nc3ccc(-c4cc(C(C)(C)C)nc5n[nH]c(N)c45)cc3)cc(C(F)(F)F)c2)CC1. The Hall–Kier alpha value is -4.16. The van der Waals surface area contributed by atoms with E-state index in [1.54, 1.807) is 18.2 Å². The maximum atomic E-state index is 13.7. The highest BCUT2D eigenvalue weighted by Crippen LogP contribution is 2.35. The Morgan fingerprint density at radius 3 is 2.29 bits per heavy atom. The van der Waals surface area contributed by atoms with E-state index in [0.717, 1.165) is 55.1 Å². The lowest BCUT2D eigenvalue weighted by Crippen LogP contribution is -2.43. The number of urea groups is 1. The Labute approximate surface area is 242 Å². The van der Waals surface area contributed by atoms with Gasteiger partial charge in [-0.1, -0.05) is 32.9 Å². The van der Waals surface area contributed by atoms with Crippen LogP contribution in [0.4, 0.5) is 35.2 Å². The van der Waals surface area contributed by atoms with Crippen molar-refractivity contribution in [3.05, 3.63) is 65.4 Å². The number of rotatable bonds is 5. The van der Waals surface area contributed by atoms with Gasteiger partial charge in [-0.3, -0.25) is 10.00 Å². The second kappa shape index (κ2) is 11.3. The van der Waals surface area contributed by atoms with Crippen molar-refractivity contribution in [2.24, 2.45) is 0 Å². The predicted octanol–water partition coefficient (Wildman–Crippen LogP) is 5.91. The summed E-state index contributed by atoms with van der Waals surface area (Å²) in [5, 5.41) is 13.0. The fraction of sp³-hybridized carbons (Fsp3) is 0.367. The van der Waals surface area contributed by atoms with Crippen LogP contribution in [0.25, 0.3) is 22.2 Å². The Balaban J connectivity index is 1.33. The summed E-state index contributed by atoms with van der Waals surface area (Å²) in [5.41, 5.74) is 9.24. The first kappa shape index (κ1) is 29.3. The number of amides is 2. The summed E-state index contributed by atoms with van der Waals surface area (Å²) in [6, 6.07) is 12.1. The smallest absolute Gasteiger partial charge is 0.383 e. The number of nitrogens with two attached hydrogens (primary N) is 1. The Bertz CT molecular complexity index is 1580. The van der Waals surface area contributed by atoms with Crippen molar-refractivity contribution >= 4 is 34.3 Å². The third kappa shape index (κ3) is 6.66. The van der Waals surface area contributed by atoms with E-state index in [1.165, 1.54) is 0 Å². The van der Waals surface area contributed by atoms with Crippen LogP contribution in [0.2, 0.25) is 0 Å². The number of carbonyl (C=O) groups is 1. The molecule has 0 unspecified atom stereocenters. The number of hydrogen-bond donors (Lipinski definition) is 4. The number of nitrogens with one attached hydrogen (secondary N) is 3. The number of hydrogen-bond acceptors (Lipinski definition) is 6. The summed E-state index contributed by atoms with van der Waals surface area (Å²) in [7, 11) is 2.02. The maximum absolute atomic E-state index is 13.7. The molecular weight excluding hydrogens is 545 g/mol. The van der Waals surface area contributed by atoms with Crippen molar-refractivity contribution in [2.45, 2.75) is 38.9 Å². The molecule has 5 N–H and O–H groups in total. The average Bonchev–Trinajstić information content (AvgIpc) is 3.29. The van der Waals surface area contributed by atoms with E-state index in [4.69, 9.17) is 5.73 Å². The summed E-state index contributed by atoms with van der Waals surface area (Å²) in [4.78, 5) is 21.8. The fourth-order valence-electron chi connectivity index (χ4n) is 4.97. The molecule has 1 fully saturated rings. The van der Waals surface area contributed by atoms with Crippen molar-refractivity contribution in [1.29, 1.82) is 0 Å². The minimum absolute atomic E-state index is 0.0763.